The quantitative estimate of drug-likeness (QED) is 0.651. The number of rotatable bonds is 5. The van der Waals surface area contributed by atoms with Crippen LogP contribution in [0.4, 0.5) is 0 Å². The molecule has 0 aliphatic rings. The predicted octanol–water partition coefficient (Wildman–Crippen LogP) is 3.23. The van der Waals surface area contributed by atoms with Gasteiger partial charge in [-0.2, -0.15) is 5.10 Å². The Labute approximate surface area is 128 Å². The van der Waals surface area contributed by atoms with Crippen LogP contribution in [-0.2, 0) is 6.54 Å². The van der Waals surface area contributed by atoms with Gasteiger partial charge in [0.1, 0.15) is 0 Å². The summed E-state index contributed by atoms with van der Waals surface area (Å²) in [4.78, 5) is 0. The van der Waals surface area contributed by atoms with Crippen molar-refractivity contribution in [3.63, 3.8) is 0 Å². The number of aryl methyl sites for hydroxylation is 3. The number of nitrogens with one attached hydrogen (secondary N) is 1. The first-order chi connectivity index (χ1) is 9.60. The summed E-state index contributed by atoms with van der Waals surface area (Å²) in [6, 6.07) is 6.22. The highest BCUT2D eigenvalue weighted by molar-refractivity contribution is 9.10. The fraction of sp³-hybridized carbons (Fsp3) is 0.400. The Morgan fingerprint density at radius 1 is 1.35 bits per heavy atom. The molecule has 1 heterocycles. The third-order valence-electron chi connectivity index (χ3n) is 3.54. The highest BCUT2D eigenvalue weighted by Gasteiger charge is 2.23. The van der Waals surface area contributed by atoms with Gasteiger partial charge < -0.3 is 0 Å². The Kier molecular flexibility index (Phi) is 4.96. The molecule has 5 heteroatoms. The van der Waals surface area contributed by atoms with Gasteiger partial charge in [-0.1, -0.05) is 25.1 Å². The van der Waals surface area contributed by atoms with Gasteiger partial charge in [-0.25, -0.2) is 5.43 Å². The van der Waals surface area contributed by atoms with Crippen LogP contribution in [0.5, 0.6) is 0 Å². The molecule has 0 aliphatic heterocycles. The van der Waals surface area contributed by atoms with E-state index in [1.165, 1.54) is 16.7 Å². The predicted molar refractivity (Wildman–Crippen MR) is 85.3 cm³/mol. The lowest BCUT2D eigenvalue weighted by Crippen LogP contribution is -2.32. The van der Waals surface area contributed by atoms with Crippen molar-refractivity contribution in [1.82, 2.24) is 15.2 Å². The minimum Gasteiger partial charge on any atom is -0.271 e. The molecule has 0 radical (unpaired) electrons. The van der Waals surface area contributed by atoms with Gasteiger partial charge in [0, 0.05) is 6.54 Å². The minimum atomic E-state index is -0.0698. The summed E-state index contributed by atoms with van der Waals surface area (Å²) in [6.07, 6.45) is 2.87. The summed E-state index contributed by atoms with van der Waals surface area (Å²) in [5.74, 6) is 5.86. The third kappa shape index (κ3) is 2.80. The Hall–Kier alpha value is -1.17. The molecule has 0 aliphatic carbocycles. The van der Waals surface area contributed by atoms with E-state index >= 15 is 0 Å². The fourth-order valence-corrected chi connectivity index (χ4v) is 3.16. The molecule has 0 saturated carbocycles. The Balaban J connectivity index is 2.55. The lowest BCUT2D eigenvalue weighted by atomic mass is 9.94. The van der Waals surface area contributed by atoms with Gasteiger partial charge >= 0.3 is 0 Å². The Morgan fingerprint density at radius 2 is 2.00 bits per heavy atom. The van der Waals surface area contributed by atoms with Crippen LogP contribution in [0.25, 0.3) is 0 Å². The first-order valence-corrected chi connectivity index (χ1v) is 7.62. The molecule has 0 amide bonds. The second-order valence-electron chi connectivity index (χ2n) is 5.01. The van der Waals surface area contributed by atoms with E-state index in [0.717, 1.165) is 23.1 Å². The van der Waals surface area contributed by atoms with Crippen LogP contribution in [0.15, 0.2) is 28.9 Å². The van der Waals surface area contributed by atoms with Crippen molar-refractivity contribution in [2.45, 2.75) is 39.8 Å². The van der Waals surface area contributed by atoms with E-state index in [0.29, 0.717) is 0 Å². The van der Waals surface area contributed by atoms with Crippen molar-refractivity contribution in [2.24, 2.45) is 5.84 Å². The van der Waals surface area contributed by atoms with Gasteiger partial charge in [-0.05, 0) is 52.9 Å². The van der Waals surface area contributed by atoms with Crippen molar-refractivity contribution in [3.8, 4) is 0 Å². The van der Waals surface area contributed by atoms with E-state index in [1.807, 2.05) is 10.9 Å². The lowest BCUT2D eigenvalue weighted by Gasteiger charge is -2.22. The van der Waals surface area contributed by atoms with E-state index in [2.05, 4.69) is 65.4 Å². The van der Waals surface area contributed by atoms with Crippen LogP contribution in [0.3, 0.4) is 0 Å². The number of nitrogens with two attached hydrogens (primary N) is 1. The van der Waals surface area contributed by atoms with Gasteiger partial charge in [0.25, 0.3) is 0 Å². The third-order valence-corrected chi connectivity index (χ3v) is 4.15. The van der Waals surface area contributed by atoms with Gasteiger partial charge in [-0.3, -0.25) is 10.5 Å². The van der Waals surface area contributed by atoms with Crippen molar-refractivity contribution in [1.29, 1.82) is 0 Å². The molecule has 1 atom stereocenters. The normalized spacial score (nSPS) is 12.7. The molecular formula is C15H21BrN4. The first-order valence-electron chi connectivity index (χ1n) is 6.83. The molecule has 2 aromatic rings. The molecule has 0 fully saturated rings. The van der Waals surface area contributed by atoms with E-state index in [4.69, 9.17) is 5.84 Å². The van der Waals surface area contributed by atoms with Crippen LogP contribution < -0.4 is 11.3 Å². The molecule has 4 nitrogen and oxygen atoms in total. The highest BCUT2D eigenvalue weighted by atomic mass is 79.9. The summed E-state index contributed by atoms with van der Waals surface area (Å²) < 4.78 is 3.00. The molecule has 0 saturated heterocycles. The second-order valence-corrected chi connectivity index (χ2v) is 5.86. The summed E-state index contributed by atoms with van der Waals surface area (Å²) >= 11 is 3.60. The molecule has 108 valence electrons. The summed E-state index contributed by atoms with van der Waals surface area (Å²) in [6.45, 7) is 7.25. The van der Waals surface area contributed by atoms with Crippen LogP contribution >= 0.6 is 15.9 Å². The number of hydrogen-bond acceptors (Lipinski definition) is 3. The number of hydrogen-bond donors (Lipinski definition) is 2. The average Bonchev–Trinajstić information content (AvgIpc) is 2.76. The molecular weight excluding hydrogens is 316 g/mol. The number of nitrogens with zero attached hydrogens (tertiary/aromatic N) is 2. The Morgan fingerprint density at radius 3 is 2.55 bits per heavy atom. The van der Waals surface area contributed by atoms with Crippen LogP contribution in [0.1, 0.15) is 41.8 Å². The van der Waals surface area contributed by atoms with Crippen molar-refractivity contribution in [2.75, 3.05) is 0 Å². The maximum Gasteiger partial charge on any atom is 0.0894 e. The topological polar surface area (TPSA) is 55.9 Å². The van der Waals surface area contributed by atoms with Crippen molar-refractivity contribution < 1.29 is 0 Å². The lowest BCUT2D eigenvalue weighted by molar-refractivity contribution is 0.517. The Bertz CT molecular complexity index is 571. The molecule has 1 aromatic carbocycles. The molecule has 0 bridgehead atoms. The van der Waals surface area contributed by atoms with Crippen LogP contribution in [-0.4, -0.2) is 9.78 Å². The standard InChI is InChI=1S/C15H21BrN4/c1-4-8-20-15(12(16)9-18-20)14(19-17)13-10(2)6-5-7-11(13)3/h5-7,9,14,19H,4,8,17H2,1-3H3. The van der Waals surface area contributed by atoms with Crippen LogP contribution in [0.2, 0.25) is 0 Å². The van der Waals surface area contributed by atoms with Gasteiger partial charge in [0.05, 0.1) is 22.4 Å². The number of benzene rings is 1. The maximum atomic E-state index is 5.86. The van der Waals surface area contributed by atoms with Gasteiger partial charge in [0.15, 0.2) is 0 Å². The van der Waals surface area contributed by atoms with Crippen molar-refractivity contribution >= 4 is 15.9 Å². The van der Waals surface area contributed by atoms with Gasteiger partial charge in [-0.15, -0.1) is 0 Å². The fourth-order valence-electron chi connectivity index (χ4n) is 2.63. The first kappa shape index (κ1) is 15.2. The van der Waals surface area contributed by atoms with Crippen molar-refractivity contribution in [3.05, 3.63) is 51.3 Å². The van der Waals surface area contributed by atoms with Gasteiger partial charge in [0.2, 0.25) is 0 Å². The largest absolute Gasteiger partial charge is 0.271 e. The molecule has 3 N–H and O–H groups in total. The zero-order valence-corrected chi connectivity index (χ0v) is 13.7. The highest BCUT2D eigenvalue weighted by Crippen LogP contribution is 2.31. The average molecular weight is 337 g/mol. The molecule has 1 aromatic heterocycles. The monoisotopic (exact) mass is 336 g/mol. The molecule has 1 unspecified atom stereocenters. The zero-order valence-electron chi connectivity index (χ0n) is 12.2. The second kappa shape index (κ2) is 6.52. The molecule has 2 rings (SSSR count). The van der Waals surface area contributed by atoms with E-state index in [9.17, 15) is 0 Å². The summed E-state index contributed by atoms with van der Waals surface area (Å²) in [7, 11) is 0. The zero-order chi connectivity index (χ0) is 14.7. The SMILES string of the molecule is CCCn1ncc(Br)c1C(NN)c1c(C)cccc1C. The maximum absolute atomic E-state index is 5.86. The smallest absolute Gasteiger partial charge is 0.0894 e. The number of hydrazine groups is 1. The van der Waals surface area contributed by atoms with E-state index in [-0.39, 0.29) is 6.04 Å². The molecule has 20 heavy (non-hydrogen) atoms. The molecule has 0 spiro atoms. The number of halogens is 1. The van der Waals surface area contributed by atoms with Crippen LogP contribution in [0, 0.1) is 13.8 Å². The minimum absolute atomic E-state index is 0.0698. The van der Waals surface area contributed by atoms with E-state index < -0.39 is 0 Å². The van der Waals surface area contributed by atoms with E-state index in [1.54, 1.807) is 0 Å². The summed E-state index contributed by atoms with van der Waals surface area (Å²) in [5, 5.41) is 4.43. The summed E-state index contributed by atoms with van der Waals surface area (Å²) in [5.41, 5.74) is 7.70. The number of aromatic nitrogens is 2.